The van der Waals surface area contributed by atoms with Crippen molar-refractivity contribution in [3.8, 4) is 0 Å². The minimum absolute atomic E-state index is 0. The average Bonchev–Trinajstić information content (AvgIpc) is 2.43. The Kier molecular flexibility index (Phi) is 4.64. The molecule has 1 aliphatic heterocycles. The molecule has 1 fully saturated rings. The van der Waals surface area contributed by atoms with Crippen LogP contribution in [0, 0.1) is 5.92 Å². The van der Waals surface area contributed by atoms with Crippen LogP contribution in [-0.4, -0.2) is 16.0 Å². The van der Waals surface area contributed by atoms with Gasteiger partial charge in [0.2, 0.25) is 5.91 Å². The van der Waals surface area contributed by atoms with Gasteiger partial charge in [-0.2, -0.15) is 0 Å². The Morgan fingerprint density at radius 1 is 1.38 bits per heavy atom. The van der Waals surface area contributed by atoms with Crippen molar-refractivity contribution in [3.05, 3.63) is 10.5 Å². The second-order valence-electron chi connectivity index (χ2n) is 3.48. The van der Waals surface area contributed by atoms with E-state index >= 15 is 0 Å². The van der Waals surface area contributed by atoms with Gasteiger partial charge in [-0.05, 0) is 24.2 Å². The molecule has 1 heterocycles. The van der Waals surface area contributed by atoms with E-state index in [0.717, 1.165) is 24.2 Å². The zero-order chi connectivity index (χ0) is 11.0. The highest BCUT2D eigenvalue weighted by atomic mass is 35.5. The third kappa shape index (κ3) is 2.52. The van der Waals surface area contributed by atoms with Crippen LogP contribution in [0.15, 0.2) is 10.5 Å². The Labute approximate surface area is 106 Å². The monoisotopic (exact) mass is 285 g/mol. The number of rotatable bonds is 2. The standard InChI is InChI=1S/C9H9Cl2NO2S.FH/c10-9(11)15-5-3-1-2-4-6(5)8(14)12-7(4)13;/h4,9H,1-3H2,(H,12,13,14);1H. The second-order valence-corrected chi connectivity index (χ2v) is 6.29. The number of allylic oxidation sites excluding steroid dienone is 1. The zero-order valence-corrected chi connectivity index (χ0v) is 10.5. The number of carbonyl (C=O) groups is 2. The molecule has 90 valence electrons. The lowest BCUT2D eigenvalue weighted by atomic mass is 9.89. The quantitative estimate of drug-likeness (QED) is 0.626. The predicted molar refractivity (Wildman–Crippen MR) is 63.1 cm³/mol. The van der Waals surface area contributed by atoms with Crippen molar-refractivity contribution in [1.82, 2.24) is 5.32 Å². The van der Waals surface area contributed by atoms with Gasteiger partial charge < -0.3 is 0 Å². The molecule has 1 unspecified atom stereocenters. The maximum absolute atomic E-state index is 11.5. The zero-order valence-electron chi connectivity index (χ0n) is 8.16. The van der Waals surface area contributed by atoms with Gasteiger partial charge in [-0.3, -0.25) is 19.6 Å². The summed E-state index contributed by atoms with van der Waals surface area (Å²) >= 11 is 12.6. The fourth-order valence-corrected chi connectivity index (χ4v) is 3.47. The van der Waals surface area contributed by atoms with Gasteiger partial charge in [-0.1, -0.05) is 35.0 Å². The van der Waals surface area contributed by atoms with Gasteiger partial charge >= 0.3 is 0 Å². The van der Waals surface area contributed by atoms with E-state index in [9.17, 15) is 9.59 Å². The minimum Gasteiger partial charge on any atom is -0.292 e. The summed E-state index contributed by atoms with van der Waals surface area (Å²) in [7, 11) is 0. The lowest BCUT2D eigenvalue weighted by Gasteiger charge is -2.19. The highest BCUT2D eigenvalue weighted by Crippen LogP contribution is 2.42. The van der Waals surface area contributed by atoms with E-state index in [4.69, 9.17) is 23.2 Å². The maximum atomic E-state index is 11.5. The highest BCUT2D eigenvalue weighted by Gasteiger charge is 2.40. The molecule has 1 saturated heterocycles. The maximum Gasteiger partial charge on any atom is 0.255 e. The van der Waals surface area contributed by atoms with Gasteiger partial charge in [-0.15, -0.1) is 0 Å². The molecule has 0 spiro atoms. The molecular weight excluding hydrogens is 276 g/mol. The van der Waals surface area contributed by atoms with E-state index in [2.05, 4.69) is 5.32 Å². The van der Waals surface area contributed by atoms with Crippen molar-refractivity contribution in [2.75, 3.05) is 0 Å². The number of carbonyl (C=O) groups excluding carboxylic acids is 2. The van der Waals surface area contributed by atoms with Crippen molar-refractivity contribution in [3.63, 3.8) is 0 Å². The van der Waals surface area contributed by atoms with E-state index in [0.29, 0.717) is 5.57 Å². The molecule has 7 heteroatoms. The highest BCUT2D eigenvalue weighted by molar-refractivity contribution is 8.05. The molecule has 0 radical (unpaired) electrons. The molecule has 1 atom stereocenters. The SMILES string of the molecule is F.O=C1NC(=O)C2CCCC(SC(Cl)Cl)=C12. The predicted octanol–water partition coefficient (Wildman–Crippen LogP) is 2.34. The number of hydrogen-bond donors (Lipinski definition) is 1. The van der Waals surface area contributed by atoms with Crippen LogP contribution in [0.25, 0.3) is 0 Å². The first-order chi connectivity index (χ1) is 7.09. The van der Waals surface area contributed by atoms with Crippen LogP contribution in [-0.2, 0) is 9.59 Å². The molecule has 16 heavy (non-hydrogen) atoms. The topological polar surface area (TPSA) is 46.2 Å². The summed E-state index contributed by atoms with van der Waals surface area (Å²) in [6.07, 6.45) is 2.43. The Balaban J connectivity index is 0.00000128. The molecule has 0 aromatic rings. The summed E-state index contributed by atoms with van der Waals surface area (Å²) in [6.45, 7) is 0. The molecule has 2 amide bonds. The fourth-order valence-electron chi connectivity index (χ4n) is 1.98. The molecule has 2 aliphatic rings. The third-order valence-electron chi connectivity index (χ3n) is 2.57. The van der Waals surface area contributed by atoms with Crippen molar-refractivity contribution < 1.29 is 14.3 Å². The summed E-state index contributed by atoms with van der Waals surface area (Å²) in [5.41, 5.74) is 0.586. The Hall–Kier alpha value is -0.260. The van der Waals surface area contributed by atoms with Gasteiger partial charge in [-0.25, -0.2) is 0 Å². The van der Waals surface area contributed by atoms with Crippen LogP contribution in [0.3, 0.4) is 0 Å². The third-order valence-corrected chi connectivity index (χ3v) is 4.00. The van der Waals surface area contributed by atoms with Gasteiger partial charge in [0.25, 0.3) is 5.91 Å². The van der Waals surface area contributed by atoms with E-state index in [1.54, 1.807) is 0 Å². The number of thioether (sulfide) groups is 1. The first-order valence-corrected chi connectivity index (χ1v) is 6.38. The molecule has 3 nitrogen and oxygen atoms in total. The number of amides is 2. The van der Waals surface area contributed by atoms with Gasteiger partial charge in [0, 0.05) is 5.57 Å². The Bertz CT molecular complexity index is 359. The molecule has 0 aromatic heterocycles. The Morgan fingerprint density at radius 2 is 2.06 bits per heavy atom. The Morgan fingerprint density at radius 3 is 2.69 bits per heavy atom. The van der Waals surface area contributed by atoms with Crippen LogP contribution in [0.1, 0.15) is 19.3 Å². The van der Waals surface area contributed by atoms with E-state index in [1.807, 2.05) is 0 Å². The van der Waals surface area contributed by atoms with Crippen molar-refractivity contribution in [2.24, 2.45) is 5.92 Å². The summed E-state index contributed by atoms with van der Waals surface area (Å²) in [5, 5.41) is 2.33. The number of hydrogen-bond acceptors (Lipinski definition) is 3. The lowest BCUT2D eigenvalue weighted by Crippen LogP contribution is -2.21. The molecular formula is C9H10Cl2FNO2S. The van der Waals surface area contributed by atoms with Crippen molar-refractivity contribution >= 4 is 46.8 Å². The van der Waals surface area contributed by atoms with Crippen molar-refractivity contribution in [1.29, 1.82) is 0 Å². The van der Waals surface area contributed by atoms with Gasteiger partial charge in [0.1, 0.15) is 0 Å². The summed E-state index contributed by atoms with van der Waals surface area (Å²) < 4.78 is -0.588. The first kappa shape index (κ1) is 13.8. The second kappa shape index (κ2) is 5.38. The van der Waals surface area contributed by atoms with Crippen LogP contribution < -0.4 is 5.32 Å². The summed E-state index contributed by atoms with van der Waals surface area (Å²) in [6, 6.07) is 0. The van der Waals surface area contributed by atoms with Gasteiger partial charge in [0.05, 0.1) is 5.92 Å². The van der Waals surface area contributed by atoms with E-state index in [-0.39, 0.29) is 22.4 Å². The van der Waals surface area contributed by atoms with Gasteiger partial charge in [0.15, 0.2) is 4.17 Å². The molecule has 1 aliphatic carbocycles. The average molecular weight is 286 g/mol. The molecule has 0 saturated carbocycles. The first-order valence-electron chi connectivity index (χ1n) is 4.62. The number of alkyl halides is 2. The smallest absolute Gasteiger partial charge is 0.255 e. The van der Waals surface area contributed by atoms with Crippen molar-refractivity contribution in [2.45, 2.75) is 23.4 Å². The fraction of sp³-hybridized carbons (Fsp3) is 0.556. The van der Waals surface area contributed by atoms with Crippen LogP contribution in [0.2, 0.25) is 0 Å². The number of imide groups is 1. The number of halogens is 3. The molecule has 1 N–H and O–H groups in total. The van der Waals surface area contributed by atoms with Crippen LogP contribution >= 0.6 is 35.0 Å². The summed E-state index contributed by atoms with van der Waals surface area (Å²) in [5.74, 6) is -0.740. The summed E-state index contributed by atoms with van der Waals surface area (Å²) in [4.78, 5) is 23.8. The molecule has 0 bridgehead atoms. The minimum atomic E-state index is -0.588. The number of nitrogens with one attached hydrogen (secondary N) is 1. The van der Waals surface area contributed by atoms with E-state index in [1.165, 1.54) is 11.8 Å². The largest absolute Gasteiger partial charge is 0.292 e. The number of fused-ring (bicyclic) bond motifs is 1. The molecule has 2 rings (SSSR count). The van der Waals surface area contributed by atoms with E-state index < -0.39 is 4.17 Å². The molecule has 0 aromatic carbocycles. The van der Waals surface area contributed by atoms with Crippen LogP contribution in [0.5, 0.6) is 0 Å². The lowest BCUT2D eigenvalue weighted by molar-refractivity contribution is -0.125. The van der Waals surface area contributed by atoms with Crippen LogP contribution in [0.4, 0.5) is 4.70 Å². The normalized spacial score (nSPS) is 24.3.